The number of methoxy groups -OCH3 is 2. The number of halogens is 2. The molecule has 0 radical (unpaired) electrons. The van der Waals surface area contributed by atoms with Gasteiger partial charge >= 0.3 is 11.9 Å². The van der Waals surface area contributed by atoms with E-state index < -0.39 is 29.6 Å². The fourth-order valence-corrected chi connectivity index (χ4v) is 5.58. The lowest BCUT2D eigenvalue weighted by atomic mass is 10.1. The van der Waals surface area contributed by atoms with E-state index in [4.69, 9.17) is 40.8 Å². The molecule has 0 fully saturated rings. The molecule has 2 heterocycles. The fourth-order valence-electron chi connectivity index (χ4n) is 5.23. The van der Waals surface area contributed by atoms with E-state index >= 15 is 4.39 Å². The molecule has 2 aromatic carbocycles. The maximum absolute atomic E-state index is 15.5. The maximum atomic E-state index is 15.5. The molecular weight excluding hydrogens is 615 g/mol. The summed E-state index contributed by atoms with van der Waals surface area (Å²) < 4.78 is 38.0. The van der Waals surface area contributed by atoms with Gasteiger partial charge in [-0.05, 0) is 28.8 Å². The Hall–Kier alpha value is -4.26. The molecule has 12 nitrogen and oxygen atoms in total. The highest BCUT2D eigenvalue weighted by atomic mass is 35.5. The van der Waals surface area contributed by atoms with Crippen LogP contribution in [0.2, 0.25) is 5.02 Å². The number of fused-ring (bicyclic) bond motifs is 2. The van der Waals surface area contributed by atoms with Crippen molar-refractivity contribution in [2.75, 3.05) is 27.4 Å². The van der Waals surface area contributed by atoms with Gasteiger partial charge in [0.25, 0.3) is 0 Å². The highest BCUT2D eigenvalue weighted by Crippen LogP contribution is 2.43. The van der Waals surface area contributed by atoms with Crippen LogP contribution in [0.15, 0.2) is 12.1 Å². The Balaban J connectivity index is 1.36. The van der Waals surface area contributed by atoms with Crippen molar-refractivity contribution in [3.05, 3.63) is 45.2 Å². The molecule has 0 saturated carbocycles. The third-order valence-electron chi connectivity index (χ3n) is 7.91. The van der Waals surface area contributed by atoms with Crippen LogP contribution in [0.1, 0.15) is 55.4 Å². The summed E-state index contributed by atoms with van der Waals surface area (Å²) in [4.78, 5) is 50.5. The standard InChI is InChI=1S/C31H36ClFN2O10/c1-16(30(38)39)8-24(36)34-12-18-11-23(28(43-4)26(32)20(18)14-34)44-6-5-7-45-29-22(42-3)10-19-13-35(15-21(19)27(29)33)25(37)9-17(2)31(40)41/h10-11,16-17H,5-9,12-15H2,1-4H3,(H,38,39)(H,40,41)/t16-,17-/m0/s1. The van der Waals surface area contributed by atoms with Crippen LogP contribution < -0.4 is 18.9 Å². The minimum atomic E-state index is -1.08. The Labute approximate surface area is 264 Å². The lowest BCUT2D eigenvalue weighted by molar-refractivity contribution is -0.145. The smallest absolute Gasteiger partial charge is 0.306 e. The van der Waals surface area contributed by atoms with Crippen molar-refractivity contribution in [2.45, 2.75) is 59.3 Å². The summed E-state index contributed by atoms with van der Waals surface area (Å²) in [6.07, 6.45) is 0.0283. The van der Waals surface area contributed by atoms with Gasteiger partial charge in [-0.25, -0.2) is 4.39 Å². The average Bonchev–Trinajstić information content (AvgIpc) is 3.63. The van der Waals surface area contributed by atoms with Crippen LogP contribution in [0.25, 0.3) is 0 Å². The lowest BCUT2D eigenvalue weighted by Crippen LogP contribution is -2.28. The number of amides is 2. The van der Waals surface area contributed by atoms with Gasteiger partial charge in [0, 0.05) is 51.0 Å². The molecule has 0 aromatic heterocycles. The van der Waals surface area contributed by atoms with E-state index in [1.807, 2.05) is 0 Å². The summed E-state index contributed by atoms with van der Waals surface area (Å²) in [7, 11) is 2.83. The second-order valence-electron chi connectivity index (χ2n) is 11.2. The van der Waals surface area contributed by atoms with Gasteiger partial charge in [-0.2, -0.15) is 0 Å². The number of aliphatic carboxylic acids is 2. The average molecular weight is 651 g/mol. The topological polar surface area (TPSA) is 152 Å². The first-order valence-corrected chi connectivity index (χ1v) is 14.8. The molecule has 2 N–H and O–H groups in total. The van der Waals surface area contributed by atoms with Gasteiger partial charge < -0.3 is 39.0 Å². The minimum Gasteiger partial charge on any atom is -0.493 e. The molecule has 2 amide bonds. The van der Waals surface area contributed by atoms with Gasteiger partial charge in [-0.15, -0.1) is 0 Å². The maximum Gasteiger partial charge on any atom is 0.306 e. The number of nitrogens with zero attached hydrogens (tertiary/aromatic N) is 2. The molecule has 0 spiro atoms. The zero-order valence-electron chi connectivity index (χ0n) is 25.5. The van der Waals surface area contributed by atoms with Crippen LogP contribution in [-0.2, 0) is 45.4 Å². The Bertz CT molecular complexity index is 1500. The third-order valence-corrected chi connectivity index (χ3v) is 8.31. The molecule has 0 saturated heterocycles. The number of hydrogen-bond donors (Lipinski definition) is 2. The number of carboxylic acids is 2. The van der Waals surface area contributed by atoms with Crippen LogP contribution in [0.3, 0.4) is 0 Å². The lowest BCUT2D eigenvalue weighted by Gasteiger charge is -2.16. The van der Waals surface area contributed by atoms with Gasteiger partial charge in [0.15, 0.2) is 28.8 Å². The molecule has 2 aromatic rings. The van der Waals surface area contributed by atoms with E-state index in [1.165, 1.54) is 37.9 Å². The second kappa shape index (κ2) is 14.2. The summed E-state index contributed by atoms with van der Waals surface area (Å²) in [5.74, 6) is -4.36. The van der Waals surface area contributed by atoms with E-state index in [2.05, 4.69) is 0 Å². The Morgan fingerprint density at radius 1 is 0.800 bits per heavy atom. The van der Waals surface area contributed by atoms with Gasteiger partial charge in [-0.3, -0.25) is 19.2 Å². The molecule has 2 aliphatic rings. The van der Waals surface area contributed by atoms with Crippen LogP contribution >= 0.6 is 11.6 Å². The molecule has 2 aliphatic heterocycles. The first kappa shape index (κ1) is 33.6. The second-order valence-corrected chi connectivity index (χ2v) is 11.5. The van der Waals surface area contributed by atoms with Crippen LogP contribution in [0.4, 0.5) is 4.39 Å². The monoisotopic (exact) mass is 650 g/mol. The molecule has 45 heavy (non-hydrogen) atoms. The SMILES string of the molecule is COc1cc2c(c(F)c1OCCCOc1cc3c(c(Cl)c1OC)CN(C(=O)C[C@H](C)C(=O)O)C3)CN(C(=O)C[C@H](C)C(=O)O)C2. The van der Waals surface area contributed by atoms with Crippen molar-refractivity contribution in [2.24, 2.45) is 11.8 Å². The highest BCUT2D eigenvalue weighted by molar-refractivity contribution is 6.33. The van der Waals surface area contributed by atoms with E-state index in [9.17, 15) is 19.2 Å². The fraction of sp³-hybridized carbons (Fsp3) is 0.484. The number of carboxylic acid groups (broad SMARTS) is 2. The summed E-state index contributed by atoms with van der Waals surface area (Å²) in [5.41, 5.74) is 2.32. The predicted molar refractivity (Wildman–Crippen MR) is 158 cm³/mol. The van der Waals surface area contributed by atoms with Gasteiger partial charge in [0.2, 0.25) is 11.8 Å². The summed E-state index contributed by atoms with van der Waals surface area (Å²) in [6.45, 7) is 3.76. The molecule has 244 valence electrons. The first-order chi connectivity index (χ1) is 21.4. The van der Waals surface area contributed by atoms with Gasteiger partial charge in [-0.1, -0.05) is 25.4 Å². The molecule has 0 aliphatic carbocycles. The van der Waals surface area contributed by atoms with Crippen molar-refractivity contribution < 1.29 is 52.7 Å². The Kier molecular flexibility index (Phi) is 10.6. The molecule has 2 atom stereocenters. The number of rotatable bonds is 14. The quantitative estimate of drug-likeness (QED) is 0.284. The number of ether oxygens (including phenoxy) is 4. The Morgan fingerprint density at radius 2 is 1.31 bits per heavy atom. The van der Waals surface area contributed by atoms with Crippen molar-refractivity contribution in [1.29, 1.82) is 0 Å². The Morgan fingerprint density at radius 3 is 1.84 bits per heavy atom. The number of carbonyl (C=O) groups is 4. The van der Waals surface area contributed by atoms with E-state index in [0.717, 1.165) is 5.56 Å². The third kappa shape index (κ3) is 7.35. The molecule has 14 heteroatoms. The molecule has 0 unspecified atom stereocenters. The molecule has 0 bridgehead atoms. The first-order valence-electron chi connectivity index (χ1n) is 14.4. The molecule has 4 rings (SSSR count). The largest absolute Gasteiger partial charge is 0.493 e. The normalized spacial score (nSPS) is 14.8. The van der Waals surface area contributed by atoms with E-state index in [1.54, 1.807) is 12.1 Å². The van der Waals surface area contributed by atoms with Gasteiger partial charge in [0.05, 0.1) is 44.3 Å². The summed E-state index contributed by atoms with van der Waals surface area (Å²) in [5, 5.41) is 18.5. The van der Waals surface area contributed by atoms with Gasteiger partial charge in [0.1, 0.15) is 0 Å². The number of carbonyl (C=O) groups excluding carboxylic acids is 2. The zero-order valence-corrected chi connectivity index (χ0v) is 26.2. The van der Waals surface area contributed by atoms with Crippen molar-refractivity contribution in [3.8, 4) is 23.0 Å². The van der Waals surface area contributed by atoms with Crippen molar-refractivity contribution in [3.63, 3.8) is 0 Å². The summed E-state index contributed by atoms with van der Waals surface area (Å²) in [6, 6.07) is 3.36. The molecular formula is C31H36ClFN2O10. The van der Waals surface area contributed by atoms with Crippen molar-refractivity contribution in [1.82, 2.24) is 9.80 Å². The zero-order chi connectivity index (χ0) is 33.0. The van der Waals surface area contributed by atoms with Crippen LogP contribution in [0.5, 0.6) is 23.0 Å². The van der Waals surface area contributed by atoms with Crippen LogP contribution in [-0.4, -0.2) is 71.2 Å². The van der Waals surface area contributed by atoms with Crippen molar-refractivity contribution >= 4 is 35.4 Å². The van der Waals surface area contributed by atoms with E-state index in [-0.39, 0.29) is 75.5 Å². The van der Waals surface area contributed by atoms with Crippen LogP contribution in [0, 0.1) is 17.7 Å². The highest BCUT2D eigenvalue weighted by Gasteiger charge is 2.32. The number of benzene rings is 2. The van der Waals surface area contributed by atoms with E-state index in [0.29, 0.717) is 39.6 Å². The minimum absolute atomic E-state index is 0.00367. The summed E-state index contributed by atoms with van der Waals surface area (Å²) >= 11 is 6.60. The number of hydrogen-bond acceptors (Lipinski definition) is 8. The predicted octanol–water partition coefficient (Wildman–Crippen LogP) is 4.25.